The number of rotatable bonds is 4. The minimum atomic E-state index is -0.418. The van der Waals surface area contributed by atoms with Crippen LogP contribution in [0, 0.1) is 13.8 Å². The zero-order valence-corrected chi connectivity index (χ0v) is 13.0. The average Bonchev–Trinajstić information content (AvgIpc) is 3.02. The summed E-state index contributed by atoms with van der Waals surface area (Å²) in [5, 5.41) is 16.5. The van der Waals surface area contributed by atoms with Gasteiger partial charge in [0, 0.05) is 24.0 Å². The number of β-amino-alcohol motifs (C(OH)–C–C–N with tert-alkyl or cyclic N) is 1. The SMILES string of the molecule is Cc1ccc2c(CCNC(=O)[C@@H]3C[C@@H](O)CN3)c(C)oc2c1. The van der Waals surface area contributed by atoms with E-state index in [1.54, 1.807) is 0 Å². The molecule has 0 spiro atoms. The summed E-state index contributed by atoms with van der Waals surface area (Å²) in [5.41, 5.74) is 3.22. The van der Waals surface area contributed by atoms with Crippen molar-refractivity contribution >= 4 is 16.9 Å². The fourth-order valence-corrected chi connectivity index (χ4v) is 3.04. The summed E-state index contributed by atoms with van der Waals surface area (Å²) in [7, 11) is 0. The Morgan fingerprint density at radius 1 is 1.45 bits per heavy atom. The Labute approximate surface area is 129 Å². The van der Waals surface area contributed by atoms with Crippen LogP contribution in [0.5, 0.6) is 0 Å². The van der Waals surface area contributed by atoms with E-state index in [9.17, 15) is 9.90 Å². The van der Waals surface area contributed by atoms with E-state index in [2.05, 4.69) is 22.8 Å². The lowest BCUT2D eigenvalue weighted by molar-refractivity contribution is -0.122. The first-order valence-corrected chi connectivity index (χ1v) is 7.72. The van der Waals surface area contributed by atoms with E-state index in [1.807, 2.05) is 19.9 Å². The number of hydrogen-bond donors (Lipinski definition) is 3. The highest BCUT2D eigenvalue weighted by Crippen LogP contribution is 2.26. The van der Waals surface area contributed by atoms with Gasteiger partial charge in [-0.15, -0.1) is 0 Å². The fourth-order valence-electron chi connectivity index (χ4n) is 3.04. The predicted molar refractivity (Wildman–Crippen MR) is 84.8 cm³/mol. The Balaban J connectivity index is 1.62. The second kappa shape index (κ2) is 6.10. The van der Waals surface area contributed by atoms with E-state index in [4.69, 9.17) is 4.42 Å². The maximum atomic E-state index is 12.0. The van der Waals surface area contributed by atoms with Gasteiger partial charge in [0.1, 0.15) is 11.3 Å². The zero-order chi connectivity index (χ0) is 15.7. The Bertz CT molecular complexity index is 693. The topological polar surface area (TPSA) is 74.5 Å². The van der Waals surface area contributed by atoms with Crippen LogP contribution in [0.1, 0.15) is 23.3 Å². The van der Waals surface area contributed by atoms with E-state index in [0.717, 1.165) is 28.7 Å². The molecule has 5 nitrogen and oxygen atoms in total. The molecule has 5 heteroatoms. The molecule has 1 fully saturated rings. The summed E-state index contributed by atoms with van der Waals surface area (Å²) in [6, 6.07) is 5.91. The maximum Gasteiger partial charge on any atom is 0.237 e. The molecular formula is C17H22N2O3. The van der Waals surface area contributed by atoms with Crippen molar-refractivity contribution in [1.29, 1.82) is 0 Å². The molecule has 1 aromatic heterocycles. The molecule has 0 bridgehead atoms. The summed E-state index contributed by atoms with van der Waals surface area (Å²) < 4.78 is 5.79. The van der Waals surface area contributed by atoms with Crippen LogP contribution in [0.4, 0.5) is 0 Å². The standard InChI is InChI=1S/C17H22N2O3/c1-10-3-4-14-13(11(2)22-16(14)7-10)5-6-18-17(21)15-8-12(20)9-19-15/h3-4,7,12,15,19-20H,5-6,8-9H2,1-2H3,(H,18,21)/t12-,15+/m1/s1. The summed E-state index contributed by atoms with van der Waals surface area (Å²) in [5.74, 6) is 0.863. The smallest absolute Gasteiger partial charge is 0.237 e. The Kier molecular flexibility index (Phi) is 4.18. The van der Waals surface area contributed by atoms with Gasteiger partial charge < -0.3 is 20.2 Å². The monoisotopic (exact) mass is 302 g/mol. The molecule has 0 radical (unpaired) electrons. The van der Waals surface area contributed by atoms with Crippen LogP contribution in [-0.4, -0.2) is 36.2 Å². The molecule has 0 unspecified atom stereocenters. The number of benzene rings is 1. The fraction of sp³-hybridized carbons (Fsp3) is 0.471. The number of nitrogens with one attached hydrogen (secondary N) is 2. The lowest BCUT2D eigenvalue weighted by Crippen LogP contribution is -2.41. The number of fused-ring (bicyclic) bond motifs is 1. The van der Waals surface area contributed by atoms with Crippen molar-refractivity contribution in [3.8, 4) is 0 Å². The quantitative estimate of drug-likeness (QED) is 0.799. The van der Waals surface area contributed by atoms with Crippen molar-refractivity contribution in [1.82, 2.24) is 10.6 Å². The highest BCUT2D eigenvalue weighted by molar-refractivity contribution is 5.84. The first kappa shape index (κ1) is 15.1. The van der Waals surface area contributed by atoms with Crippen LogP contribution >= 0.6 is 0 Å². The normalized spacial score (nSPS) is 21.4. The van der Waals surface area contributed by atoms with Gasteiger partial charge in [-0.3, -0.25) is 4.79 Å². The van der Waals surface area contributed by atoms with E-state index in [0.29, 0.717) is 19.5 Å². The second-order valence-electron chi connectivity index (χ2n) is 6.03. The molecule has 1 aliphatic heterocycles. The lowest BCUT2D eigenvalue weighted by atomic mass is 10.1. The number of aliphatic hydroxyl groups is 1. The third-order valence-electron chi connectivity index (χ3n) is 4.25. The summed E-state index contributed by atoms with van der Waals surface area (Å²) >= 11 is 0. The molecule has 118 valence electrons. The lowest BCUT2D eigenvalue weighted by Gasteiger charge is -2.10. The number of hydrogen-bond acceptors (Lipinski definition) is 4. The molecular weight excluding hydrogens is 280 g/mol. The van der Waals surface area contributed by atoms with Crippen molar-refractivity contribution in [3.63, 3.8) is 0 Å². The molecule has 22 heavy (non-hydrogen) atoms. The molecule has 1 amide bonds. The van der Waals surface area contributed by atoms with Gasteiger partial charge in [0.05, 0.1) is 12.1 Å². The molecule has 2 aromatic rings. The Morgan fingerprint density at radius 3 is 3.00 bits per heavy atom. The zero-order valence-electron chi connectivity index (χ0n) is 13.0. The Hall–Kier alpha value is -1.85. The van der Waals surface area contributed by atoms with E-state index in [-0.39, 0.29) is 11.9 Å². The van der Waals surface area contributed by atoms with Crippen LogP contribution in [0.15, 0.2) is 22.6 Å². The summed E-state index contributed by atoms with van der Waals surface area (Å²) in [6.45, 7) is 5.06. The Morgan fingerprint density at radius 2 is 2.27 bits per heavy atom. The predicted octanol–water partition coefficient (Wildman–Crippen LogP) is 1.43. The van der Waals surface area contributed by atoms with Crippen molar-refractivity contribution < 1.29 is 14.3 Å². The van der Waals surface area contributed by atoms with Gasteiger partial charge in [-0.2, -0.15) is 0 Å². The van der Waals surface area contributed by atoms with Gasteiger partial charge in [-0.25, -0.2) is 0 Å². The van der Waals surface area contributed by atoms with Crippen molar-refractivity contribution in [2.24, 2.45) is 0 Å². The van der Waals surface area contributed by atoms with Crippen molar-refractivity contribution in [2.45, 2.75) is 38.8 Å². The number of carbonyl (C=O) groups excluding carboxylic acids is 1. The molecule has 0 aliphatic carbocycles. The van der Waals surface area contributed by atoms with Crippen LogP contribution in [-0.2, 0) is 11.2 Å². The number of amides is 1. The van der Waals surface area contributed by atoms with Gasteiger partial charge in [-0.1, -0.05) is 12.1 Å². The van der Waals surface area contributed by atoms with Gasteiger partial charge in [0.15, 0.2) is 0 Å². The number of carbonyl (C=O) groups is 1. The minimum Gasteiger partial charge on any atom is -0.461 e. The van der Waals surface area contributed by atoms with Crippen LogP contribution in [0.3, 0.4) is 0 Å². The molecule has 2 atom stereocenters. The summed E-state index contributed by atoms with van der Waals surface area (Å²) in [6.07, 6.45) is 0.806. The van der Waals surface area contributed by atoms with Crippen LogP contribution in [0.2, 0.25) is 0 Å². The number of furan rings is 1. The molecule has 0 saturated carbocycles. The first-order valence-electron chi connectivity index (χ1n) is 7.72. The van der Waals surface area contributed by atoms with E-state index < -0.39 is 6.10 Å². The third-order valence-corrected chi connectivity index (χ3v) is 4.25. The van der Waals surface area contributed by atoms with Gasteiger partial charge in [-0.05, 0) is 38.3 Å². The minimum absolute atomic E-state index is 0.0437. The molecule has 1 aromatic carbocycles. The van der Waals surface area contributed by atoms with Gasteiger partial charge >= 0.3 is 0 Å². The third kappa shape index (κ3) is 3.00. The van der Waals surface area contributed by atoms with Crippen LogP contribution in [0.25, 0.3) is 11.0 Å². The largest absolute Gasteiger partial charge is 0.461 e. The summed E-state index contributed by atoms with van der Waals surface area (Å²) in [4.78, 5) is 12.0. The number of aliphatic hydroxyl groups excluding tert-OH is 1. The van der Waals surface area contributed by atoms with E-state index >= 15 is 0 Å². The molecule has 3 N–H and O–H groups in total. The molecule has 3 rings (SSSR count). The highest BCUT2D eigenvalue weighted by atomic mass is 16.3. The second-order valence-corrected chi connectivity index (χ2v) is 6.03. The van der Waals surface area contributed by atoms with Crippen molar-refractivity contribution in [3.05, 3.63) is 35.1 Å². The highest BCUT2D eigenvalue weighted by Gasteiger charge is 2.27. The molecule has 1 aliphatic rings. The molecule has 2 heterocycles. The van der Waals surface area contributed by atoms with Crippen LogP contribution < -0.4 is 10.6 Å². The van der Waals surface area contributed by atoms with Gasteiger partial charge in [0.25, 0.3) is 0 Å². The number of aryl methyl sites for hydroxylation is 2. The molecule has 1 saturated heterocycles. The average molecular weight is 302 g/mol. The first-order chi connectivity index (χ1) is 10.5. The van der Waals surface area contributed by atoms with E-state index in [1.165, 1.54) is 5.56 Å². The maximum absolute atomic E-state index is 12.0. The van der Waals surface area contributed by atoms with Gasteiger partial charge in [0.2, 0.25) is 5.91 Å². The van der Waals surface area contributed by atoms with Crippen molar-refractivity contribution in [2.75, 3.05) is 13.1 Å².